The summed E-state index contributed by atoms with van der Waals surface area (Å²) in [6, 6.07) is 11.9. The zero-order valence-electron chi connectivity index (χ0n) is 15.5. The Balaban J connectivity index is 1.71. The lowest BCUT2D eigenvalue weighted by atomic mass is 10.1. The fourth-order valence-electron chi connectivity index (χ4n) is 2.50. The second-order valence-electron chi connectivity index (χ2n) is 6.02. The zero-order valence-corrected chi connectivity index (χ0v) is 16.3. The summed E-state index contributed by atoms with van der Waals surface area (Å²) in [7, 11) is -2.45. The molecule has 152 valence electrons. The van der Waals surface area contributed by atoms with E-state index in [-0.39, 0.29) is 30.1 Å². The standard InChI is InChI=1S/C19H18N2O7S/c1-26-9-10-27-19(23)14-3-2-4-16(11-14)29(24,25)21-15-7-5-13(6-8-15)17-12-18(22)28-20-17/h2-8,11,21H,9-10,12H2,1H3. The minimum atomic E-state index is -3.93. The molecule has 2 aromatic carbocycles. The lowest BCUT2D eigenvalue weighted by molar-refractivity contribution is -0.140. The van der Waals surface area contributed by atoms with Gasteiger partial charge in [-0.1, -0.05) is 23.4 Å². The number of esters is 1. The van der Waals surface area contributed by atoms with Crippen LogP contribution in [-0.4, -0.2) is 46.4 Å². The molecule has 0 aromatic heterocycles. The fourth-order valence-corrected chi connectivity index (χ4v) is 3.60. The average molecular weight is 418 g/mol. The zero-order chi connectivity index (χ0) is 20.9. The van der Waals surface area contributed by atoms with Crippen molar-refractivity contribution in [2.75, 3.05) is 25.0 Å². The number of sulfonamides is 1. The smallest absolute Gasteiger partial charge is 0.341 e. The summed E-state index contributed by atoms with van der Waals surface area (Å²) in [4.78, 5) is 27.6. The van der Waals surface area contributed by atoms with E-state index >= 15 is 0 Å². The van der Waals surface area contributed by atoms with Crippen LogP contribution in [0.3, 0.4) is 0 Å². The maximum Gasteiger partial charge on any atom is 0.341 e. The molecule has 1 N–H and O–H groups in total. The second kappa shape index (κ2) is 8.84. The van der Waals surface area contributed by atoms with Gasteiger partial charge in [0.2, 0.25) is 0 Å². The number of hydrogen-bond donors (Lipinski definition) is 1. The minimum Gasteiger partial charge on any atom is -0.460 e. The molecule has 1 aliphatic rings. The molecule has 0 unspecified atom stereocenters. The molecule has 1 aliphatic heterocycles. The highest BCUT2D eigenvalue weighted by Crippen LogP contribution is 2.20. The first-order valence-electron chi connectivity index (χ1n) is 8.55. The van der Waals surface area contributed by atoms with Crippen LogP contribution in [0.1, 0.15) is 22.3 Å². The van der Waals surface area contributed by atoms with Gasteiger partial charge in [0.05, 0.1) is 29.2 Å². The van der Waals surface area contributed by atoms with E-state index in [1.807, 2.05) is 0 Å². The summed E-state index contributed by atoms with van der Waals surface area (Å²) in [6.45, 7) is 0.312. The van der Waals surface area contributed by atoms with Crippen molar-refractivity contribution in [1.82, 2.24) is 0 Å². The number of nitrogens with one attached hydrogen (secondary N) is 1. The van der Waals surface area contributed by atoms with Crippen LogP contribution in [0.4, 0.5) is 5.69 Å². The van der Waals surface area contributed by atoms with Crippen LogP contribution in [0.15, 0.2) is 58.6 Å². The van der Waals surface area contributed by atoms with E-state index in [0.717, 1.165) is 0 Å². The maximum atomic E-state index is 12.6. The third-order valence-electron chi connectivity index (χ3n) is 3.94. The minimum absolute atomic E-state index is 0.0678. The molecule has 0 bridgehead atoms. The average Bonchev–Trinajstić information content (AvgIpc) is 3.15. The summed E-state index contributed by atoms with van der Waals surface area (Å²) >= 11 is 0. The van der Waals surface area contributed by atoms with Crippen LogP contribution in [0.25, 0.3) is 0 Å². The van der Waals surface area contributed by atoms with E-state index < -0.39 is 22.0 Å². The van der Waals surface area contributed by atoms with Crippen LogP contribution in [-0.2, 0) is 29.1 Å². The predicted molar refractivity (Wildman–Crippen MR) is 103 cm³/mol. The molecular formula is C19H18N2O7S. The molecule has 0 saturated heterocycles. The highest BCUT2D eigenvalue weighted by Gasteiger charge is 2.20. The number of oxime groups is 1. The van der Waals surface area contributed by atoms with Crippen LogP contribution < -0.4 is 4.72 Å². The summed E-state index contributed by atoms with van der Waals surface area (Å²) < 4.78 is 37.5. The normalized spacial score (nSPS) is 13.6. The van der Waals surface area contributed by atoms with Crippen LogP contribution in [0.5, 0.6) is 0 Å². The number of hydrogen-bond acceptors (Lipinski definition) is 8. The van der Waals surface area contributed by atoms with Crippen molar-refractivity contribution in [3.8, 4) is 0 Å². The number of carbonyl (C=O) groups excluding carboxylic acids is 2. The molecule has 0 saturated carbocycles. The van der Waals surface area contributed by atoms with E-state index in [1.54, 1.807) is 24.3 Å². The van der Waals surface area contributed by atoms with Gasteiger partial charge in [0.25, 0.3) is 10.0 Å². The Morgan fingerprint density at radius 2 is 1.93 bits per heavy atom. The molecule has 1 heterocycles. The quantitative estimate of drug-likeness (QED) is 0.395. The molecule has 10 heteroatoms. The number of anilines is 1. The van der Waals surface area contributed by atoms with Gasteiger partial charge in [-0.05, 0) is 30.3 Å². The Hall–Kier alpha value is -3.24. The summed E-state index contributed by atoms with van der Waals surface area (Å²) in [5.74, 6) is -1.08. The molecule has 2 aromatic rings. The molecule has 9 nitrogen and oxygen atoms in total. The molecule has 0 fully saturated rings. The maximum absolute atomic E-state index is 12.6. The number of rotatable bonds is 8. The van der Waals surface area contributed by atoms with Gasteiger partial charge < -0.3 is 14.3 Å². The lowest BCUT2D eigenvalue weighted by Crippen LogP contribution is -2.15. The Labute approximate surface area is 167 Å². The first-order valence-corrected chi connectivity index (χ1v) is 10.0. The Morgan fingerprint density at radius 3 is 2.59 bits per heavy atom. The van der Waals surface area contributed by atoms with Crippen molar-refractivity contribution in [3.63, 3.8) is 0 Å². The molecular weight excluding hydrogens is 400 g/mol. The SMILES string of the molecule is COCCOC(=O)c1cccc(S(=O)(=O)Nc2ccc(C3=NOC(=O)C3)cc2)c1. The molecule has 0 radical (unpaired) electrons. The van der Waals surface area contributed by atoms with Gasteiger partial charge in [-0.2, -0.15) is 0 Å². The first kappa shape index (κ1) is 20.5. The van der Waals surface area contributed by atoms with Crippen LogP contribution in [0, 0.1) is 0 Å². The first-order chi connectivity index (χ1) is 13.9. The van der Waals surface area contributed by atoms with Crippen molar-refractivity contribution < 1.29 is 32.3 Å². The monoisotopic (exact) mass is 418 g/mol. The summed E-state index contributed by atoms with van der Waals surface area (Å²) in [5, 5.41) is 3.67. The van der Waals surface area contributed by atoms with Gasteiger partial charge in [-0.25, -0.2) is 18.0 Å². The number of benzene rings is 2. The molecule has 0 amide bonds. The van der Waals surface area contributed by atoms with Crippen LogP contribution in [0.2, 0.25) is 0 Å². The van der Waals surface area contributed by atoms with E-state index in [9.17, 15) is 18.0 Å². The van der Waals surface area contributed by atoms with E-state index in [0.29, 0.717) is 17.0 Å². The number of nitrogens with zero attached hydrogens (tertiary/aromatic N) is 1. The topological polar surface area (TPSA) is 120 Å². The van der Waals surface area contributed by atoms with Gasteiger partial charge in [-0.15, -0.1) is 0 Å². The van der Waals surface area contributed by atoms with Gasteiger partial charge in [0, 0.05) is 18.4 Å². The van der Waals surface area contributed by atoms with Gasteiger partial charge in [0.1, 0.15) is 6.61 Å². The van der Waals surface area contributed by atoms with Crippen molar-refractivity contribution in [1.29, 1.82) is 0 Å². The second-order valence-corrected chi connectivity index (χ2v) is 7.70. The molecule has 0 atom stereocenters. The van der Waals surface area contributed by atoms with Crippen molar-refractivity contribution in [3.05, 3.63) is 59.7 Å². The Bertz CT molecular complexity index is 1050. The number of carbonyl (C=O) groups is 2. The predicted octanol–water partition coefficient (Wildman–Crippen LogP) is 1.94. The van der Waals surface area contributed by atoms with Gasteiger partial charge in [0.15, 0.2) is 0 Å². The van der Waals surface area contributed by atoms with Crippen LogP contribution >= 0.6 is 0 Å². The largest absolute Gasteiger partial charge is 0.460 e. The summed E-state index contributed by atoms with van der Waals surface area (Å²) in [6.07, 6.45) is 0.0678. The highest BCUT2D eigenvalue weighted by atomic mass is 32.2. The van der Waals surface area contributed by atoms with E-state index in [1.165, 1.54) is 31.4 Å². The van der Waals surface area contributed by atoms with E-state index in [2.05, 4.69) is 14.7 Å². The van der Waals surface area contributed by atoms with Gasteiger partial charge in [-0.3, -0.25) is 4.72 Å². The van der Waals surface area contributed by atoms with Crippen molar-refractivity contribution >= 4 is 33.4 Å². The number of methoxy groups -OCH3 is 1. The summed E-state index contributed by atoms with van der Waals surface area (Å²) in [5.41, 5.74) is 1.56. The van der Waals surface area contributed by atoms with Crippen molar-refractivity contribution in [2.24, 2.45) is 5.16 Å². The molecule has 0 spiro atoms. The number of ether oxygens (including phenoxy) is 2. The van der Waals surface area contributed by atoms with E-state index in [4.69, 9.17) is 9.47 Å². The highest BCUT2D eigenvalue weighted by molar-refractivity contribution is 7.92. The molecule has 3 rings (SSSR count). The Kier molecular flexibility index (Phi) is 6.25. The molecule has 0 aliphatic carbocycles. The Morgan fingerprint density at radius 1 is 1.17 bits per heavy atom. The van der Waals surface area contributed by atoms with Crippen molar-refractivity contribution in [2.45, 2.75) is 11.3 Å². The fraction of sp³-hybridized carbons (Fsp3) is 0.211. The third-order valence-corrected chi connectivity index (χ3v) is 5.32. The third kappa shape index (κ3) is 5.18. The lowest BCUT2D eigenvalue weighted by Gasteiger charge is -2.10. The van der Waals surface area contributed by atoms with Gasteiger partial charge >= 0.3 is 11.9 Å². The molecule has 29 heavy (non-hydrogen) atoms.